The highest BCUT2D eigenvalue weighted by atomic mass is 16.4. The van der Waals surface area contributed by atoms with Crippen molar-refractivity contribution in [2.75, 3.05) is 20.2 Å². The molecule has 112 valence electrons. The fourth-order valence-corrected chi connectivity index (χ4v) is 3.15. The zero-order valence-corrected chi connectivity index (χ0v) is 11.6. The van der Waals surface area contributed by atoms with Gasteiger partial charge in [0.25, 0.3) is 0 Å². The highest BCUT2D eigenvalue weighted by Crippen LogP contribution is 2.39. The molecule has 1 aromatic carbocycles. The lowest BCUT2D eigenvalue weighted by molar-refractivity contribution is 0.172. The third-order valence-corrected chi connectivity index (χ3v) is 4.32. The molecule has 0 saturated carbocycles. The first-order valence-corrected chi connectivity index (χ1v) is 6.83. The zero-order chi connectivity index (χ0) is 15.1. The van der Waals surface area contributed by atoms with Crippen LogP contribution in [0.3, 0.4) is 0 Å². The van der Waals surface area contributed by atoms with Crippen molar-refractivity contribution in [1.82, 2.24) is 4.90 Å². The summed E-state index contributed by atoms with van der Waals surface area (Å²) < 4.78 is 5.18. The molecular formula is C15H17NO5. The fourth-order valence-electron chi connectivity index (χ4n) is 3.15. The van der Waals surface area contributed by atoms with Crippen molar-refractivity contribution >= 4 is 11.0 Å². The normalized spacial score (nSPS) is 23.0. The van der Waals surface area contributed by atoms with E-state index in [-0.39, 0.29) is 24.1 Å². The maximum Gasteiger partial charge on any atom is 0.382 e. The summed E-state index contributed by atoms with van der Waals surface area (Å²) in [6, 6.07) is 5.10. The van der Waals surface area contributed by atoms with Gasteiger partial charge in [0.05, 0.1) is 12.0 Å². The minimum atomic E-state index is -0.959. The largest absolute Gasteiger partial charge is 0.504 e. The highest BCUT2D eigenvalue weighted by molar-refractivity contribution is 5.87. The van der Waals surface area contributed by atoms with E-state index < -0.39 is 17.1 Å². The van der Waals surface area contributed by atoms with Gasteiger partial charge >= 0.3 is 5.63 Å². The molecule has 6 heteroatoms. The summed E-state index contributed by atoms with van der Waals surface area (Å²) in [5.74, 6) is -1.23. The molecule has 0 amide bonds. The number of aliphatic hydroxyl groups is 1. The Morgan fingerprint density at radius 3 is 2.81 bits per heavy atom. The van der Waals surface area contributed by atoms with Crippen LogP contribution in [0.5, 0.6) is 11.5 Å². The van der Waals surface area contributed by atoms with E-state index in [1.165, 1.54) is 0 Å². The Bertz CT molecular complexity index is 739. The predicted octanol–water partition coefficient (Wildman–Crippen LogP) is 0.984. The van der Waals surface area contributed by atoms with Crippen molar-refractivity contribution in [3.8, 4) is 11.5 Å². The molecule has 1 aliphatic heterocycles. The first-order valence-electron chi connectivity index (χ1n) is 6.83. The van der Waals surface area contributed by atoms with E-state index in [9.17, 15) is 20.1 Å². The maximum atomic E-state index is 11.6. The summed E-state index contributed by atoms with van der Waals surface area (Å²) >= 11 is 0. The van der Waals surface area contributed by atoms with E-state index in [1.807, 2.05) is 13.1 Å². The monoisotopic (exact) mass is 291 g/mol. The van der Waals surface area contributed by atoms with Gasteiger partial charge in [-0.25, -0.2) is 4.79 Å². The molecule has 3 rings (SSSR count). The number of likely N-dealkylation sites (tertiary alicyclic amines) is 1. The summed E-state index contributed by atoms with van der Waals surface area (Å²) in [5.41, 5.74) is 0.0826. The summed E-state index contributed by atoms with van der Waals surface area (Å²) in [6.45, 7) is 0.840. The van der Waals surface area contributed by atoms with Crippen molar-refractivity contribution in [1.29, 1.82) is 0 Å². The Kier molecular flexibility index (Phi) is 3.35. The molecule has 0 unspecified atom stereocenters. The van der Waals surface area contributed by atoms with Crippen molar-refractivity contribution in [2.45, 2.75) is 18.4 Å². The molecule has 1 saturated heterocycles. The van der Waals surface area contributed by atoms with Gasteiger partial charge in [-0.1, -0.05) is 12.1 Å². The first kappa shape index (κ1) is 13.9. The predicted molar refractivity (Wildman–Crippen MR) is 76.7 cm³/mol. The van der Waals surface area contributed by atoms with E-state index in [4.69, 9.17) is 4.42 Å². The van der Waals surface area contributed by atoms with Gasteiger partial charge in [0.1, 0.15) is 5.58 Å². The van der Waals surface area contributed by atoms with Gasteiger partial charge in [0, 0.05) is 17.5 Å². The van der Waals surface area contributed by atoms with Gasteiger partial charge in [-0.15, -0.1) is 0 Å². The molecule has 2 aromatic rings. The van der Waals surface area contributed by atoms with Crippen LogP contribution in [-0.4, -0.2) is 46.5 Å². The van der Waals surface area contributed by atoms with Crippen molar-refractivity contribution in [2.24, 2.45) is 0 Å². The molecule has 1 aromatic heterocycles. The van der Waals surface area contributed by atoms with Crippen LogP contribution in [0.15, 0.2) is 27.4 Å². The minimum Gasteiger partial charge on any atom is -0.504 e. The Hall–Kier alpha value is -2.05. The molecule has 0 aliphatic carbocycles. The summed E-state index contributed by atoms with van der Waals surface area (Å²) in [4.78, 5) is 13.7. The molecule has 6 nitrogen and oxygen atoms in total. The Morgan fingerprint density at radius 1 is 1.33 bits per heavy atom. The summed E-state index contributed by atoms with van der Waals surface area (Å²) in [7, 11) is 1.94. The van der Waals surface area contributed by atoms with E-state index in [0.29, 0.717) is 5.39 Å². The van der Waals surface area contributed by atoms with Gasteiger partial charge in [0.15, 0.2) is 5.75 Å². The SMILES string of the molecule is CN1CC[C@@H](c2cccc3c(O)c(O)c(=O)oc23)[C@@H]1CO. The van der Waals surface area contributed by atoms with Crippen LogP contribution in [0, 0.1) is 0 Å². The second-order valence-corrected chi connectivity index (χ2v) is 5.44. The number of para-hydroxylation sites is 1. The highest BCUT2D eigenvalue weighted by Gasteiger charge is 2.34. The molecule has 0 radical (unpaired) electrons. The van der Waals surface area contributed by atoms with Crippen LogP contribution in [0.25, 0.3) is 11.0 Å². The third-order valence-electron chi connectivity index (χ3n) is 4.32. The number of likely N-dealkylation sites (N-methyl/N-ethyl adjacent to an activating group) is 1. The number of aromatic hydroxyl groups is 2. The molecule has 1 aliphatic rings. The molecule has 3 N–H and O–H groups in total. The number of nitrogens with zero attached hydrogens (tertiary/aromatic N) is 1. The van der Waals surface area contributed by atoms with Gasteiger partial charge in [0.2, 0.25) is 5.75 Å². The lowest BCUT2D eigenvalue weighted by Gasteiger charge is -2.23. The Labute approximate surface area is 120 Å². The smallest absolute Gasteiger partial charge is 0.382 e. The second-order valence-electron chi connectivity index (χ2n) is 5.44. The van der Waals surface area contributed by atoms with Gasteiger partial charge in [-0.05, 0) is 26.1 Å². The van der Waals surface area contributed by atoms with Crippen molar-refractivity contribution < 1.29 is 19.7 Å². The zero-order valence-electron chi connectivity index (χ0n) is 11.6. The Balaban J connectivity index is 2.22. The van der Waals surface area contributed by atoms with E-state index in [1.54, 1.807) is 12.1 Å². The molecule has 2 heterocycles. The topological polar surface area (TPSA) is 94.1 Å². The molecular weight excluding hydrogens is 274 g/mol. The van der Waals surface area contributed by atoms with Gasteiger partial charge < -0.3 is 24.6 Å². The van der Waals surface area contributed by atoms with Crippen LogP contribution in [0.1, 0.15) is 17.9 Å². The number of hydrogen-bond donors (Lipinski definition) is 3. The average molecular weight is 291 g/mol. The van der Waals surface area contributed by atoms with E-state index >= 15 is 0 Å². The van der Waals surface area contributed by atoms with Crippen LogP contribution in [0.4, 0.5) is 0 Å². The molecule has 21 heavy (non-hydrogen) atoms. The molecule has 0 spiro atoms. The summed E-state index contributed by atoms with van der Waals surface area (Å²) in [5, 5.41) is 29.3. The first-order chi connectivity index (χ1) is 10.0. The van der Waals surface area contributed by atoms with Gasteiger partial charge in [-0.2, -0.15) is 0 Å². The number of rotatable bonds is 2. The quantitative estimate of drug-likeness (QED) is 0.714. The average Bonchev–Trinajstić information content (AvgIpc) is 2.85. The van der Waals surface area contributed by atoms with E-state index in [0.717, 1.165) is 18.5 Å². The van der Waals surface area contributed by atoms with Gasteiger partial charge in [-0.3, -0.25) is 0 Å². The van der Waals surface area contributed by atoms with Crippen LogP contribution in [-0.2, 0) is 0 Å². The fraction of sp³-hybridized carbons (Fsp3) is 0.400. The van der Waals surface area contributed by atoms with Crippen molar-refractivity contribution in [3.05, 3.63) is 34.2 Å². The summed E-state index contributed by atoms with van der Waals surface area (Å²) in [6.07, 6.45) is 0.826. The number of benzene rings is 1. The molecule has 2 atom stereocenters. The number of hydrogen-bond acceptors (Lipinski definition) is 6. The van der Waals surface area contributed by atoms with Crippen LogP contribution in [0.2, 0.25) is 0 Å². The van der Waals surface area contributed by atoms with Crippen molar-refractivity contribution in [3.63, 3.8) is 0 Å². The lowest BCUT2D eigenvalue weighted by Crippen LogP contribution is -2.31. The van der Waals surface area contributed by atoms with Crippen LogP contribution < -0.4 is 5.63 Å². The van der Waals surface area contributed by atoms with Crippen LogP contribution >= 0.6 is 0 Å². The molecule has 0 bridgehead atoms. The lowest BCUT2D eigenvalue weighted by atomic mass is 9.90. The standard InChI is InChI=1S/C15H17NO5/c1-16-6-5-8(11(16)7-17)9-3-2-4-10-12(18)13(19)15(20)21-14(9)10/h2-4,8,11,17-19H,5-7H2,1H3/t8-,11-/m0/s1. The number of aliphatic hydroxyl groups excluding tert-OH is 1. The Morgan fingerprint density at radius 2 is 2.10 bits per heavy atom. The minimum absolute atomic E-state index is 0.00581. The van der Waals surface area contributed by atoms with E-state index in [2.05, 4.69) is 4.90 Å². The number of fused-ring (bicyclic) bond motifs is 1. The molecule has 1 fully saturated rings. The second kappa shape index (κ2) is 5.05. The maximum absolute atomic E-state index is 11.6. The third kappa shape index (κ3) is 2.07.